The number of aryl methyl sites for hydroxylation is 1. The van der Waals surface area contributed by atoms with E-state index < -0.39 is 0 Å². The van der Waals surface area contributed by atoms with E-state index in [2.05, 4.69) is 25.3 Å². The fourth-order valence-electron chi connectivity index (χ4n) is 1.53. The van der Waals surface area contributed by atoms with Crippen molar-refractivity contribution in [2.45, 2.75) is 13.3 Å². The van der Waals surface area contributed by atoms with Crippen molar-refractivity contribution in [1.82, 2.24) is 19.9 Å². The van der Waals surface area contributed by atoms with E-state index in [0.29, 0.717) is 29.4 Å². The molecular weight excluding hydrogens is 266 g/mol. The Balaban J connectivity index is 1.88. The first-order valence-corrected chi connectivity index (χ1v) is 6.15. The van der Waals surface area contributed by atoms with Crippen LogP contribution in [0.15, 0.2) is 18.5 Å². The Bertz CT molecular complexity index is 526. The van der Waals surface area contributed by atoms with Crippen LogP contribution >= 0.6 is 11.6 Å². The second-order valence-corrected chi connectivity index (χ2v) is 4.27. The predicted molar refractivity (Wildman–Crippen MR) is 72.6 cm³/mol. The summed E-state index contributed by atoms with van der Waals surface area (Å²) >= 11 is 5.85. The molecule has 0 bridgehead atoms. The summed E-state index contributed by atoms with van der Waals surface area (Å²) in [5, 5.41) is 3.61. The van der Waals surface area contributed by atoms with Crippen molar-refractivity contribution in [2.24, 2.45) is 0 Å². The van der Waals surface area contributed by atoms with Crippen molar-refractivity contribution < 1.29 is 4.74 Å². The number of nitrogens with one attached hydrogen (secondary N) is 1. The zero-order valence-corrected chi connectivity index (χ0v) is 11.5. The van der Waals surface area contributed by atoms with Gasteiger partial charge >= 0.3 is 6.01 Å². The fraction of sp³-hybridized carbons (Fsp3) is 0.333. The summed E-state index contributed by atoms with van der Waals surface area (Å²) in [6.45, 7) is 2.51. The lowest BCUT2D eigenvalue weighted by Gasteiger charge is -2.06. The standard InChI is InChI=1S/C12H14ClN5O/c1-8-17-10(13)5-11(18-8)14-4-3-9-6-15-12(19-2)16-7-9/h5-7H,3-4H2,1-2H3,(H,14,17,18). The van der Waals surface area contributed by atoms with Crippen LogP contribution in [0.5, 0.6) is 6.01 Å². The van der Waals surface area contributed by atoms with Crippen molar-refractivity contribution in [3.63, 3.8) is 0 Å². The molecule has 0 saturated carbocycles. The molecule has 0 aliphatic heterocycles. The molecule has 7 heteroatoms. The number of nitrogens with zero attached hydrogens (tertiary/aromatic N) is 4. The number of hydrogen-bond donors (Lipinski definition) is 1. The fourth-order valence-corrected chi connectivity index (χ4v) is 1.76. The molecule has 2 rings (SSSR count). The first-order chi connectivity index (χ1) is 9.17. The monoisotopic (exact) mass is 279 g/mol. The number of halogens is 1. The van der Waals surface area contributed by atoms with Gasteiger partial charge in [-0.25, -0.2) is 19.9 Å². The highest BCUT2D eigenvalue weighted by atomic mass is 35.5. The largest absolute Gasteiger partial charge is 0.467 e. The van der Waals surface area contributed by atoms with Crippen molar-refractivity contribution in [3.8, 4) is 6.01 Å². The summed E-state index contributed by atoms with van der Waals surface area (Å²) in [5.41, 5.74) is 1.02. The lowest BCUT2D eigenvalue weighted by molar-refractivity contribution is 0.379. The van der Waals surface area contributed by atoms with E-state index in [0.717, 1.165) is 12.0 Å². The summed E-state index contributed by atoms with van der Waals surface area (Å²) in [6, 6.07) is 2.06. The van der Waals surface area contributed by atoms with Crippen LogP contribution in [-0.2, 0) is 6.42 Å². The molecule has 19 heavy (non-hydrogen) atoms. The van der Waals surface area contributed by atoms with E-state index in [-0.39, 0.29) is 0 Å². The molecular formula is C12H14ClN5O. The topological polar surface area (TPSA) is 72.8 Å². The summed E-state index contributed by atoms with van der Waals surface area (Å²) in [6.07, 6.45) is 4.27. The van der Waals surface area contributed by atoms with E-state index in [4.69, 9.17) is 16.3 Å². The van der Waals surface area contributed by atoms with Crippen LogP contribution in [0.3, 0.4) is 0 Å². The Kier molecular flexibility index (Phi) is 4.46. The van der Waals surface area contributed by atoms with Crippen LogP contribution < -0.4 is 10.1 Å². The molecule has 0 fully saturated rings. The van der Waals surface area contributed by atoms with E-state index in [1.165, 1.54) is 7.11 Å². The minimum atomic E-state index is 0.370. The summed E-state index contributed by atoms with van der Waals surface area (Å²) in [5.74, 6) is 1.36. The van der Waals surface area contributed by atoms with Gasteiger partial charge in [0.15, 0.2) is 0 Å². The number of rotatable bonds is 5. The Morgan fingerprint density at radius 3 is 2.63 bits per heavy atom. The molecule has 0 unspecified atom stereocenters. The molecule has 2 heterocycles. The molecule has 0 aliphatic carbocycles. The smallest absolute Gasteiger partial charge is 0.316 e. The van der Waals surface area contributed by atoms with Crippen LogP contribution in [0.1, 0.15) is 11.4 Å². The quantitative estimate of drug-likeness (QED) is 0.843. The number of anilines is 1. The molecule has 0 spiro atoms. The Hall–Kier alpha value is -1.95. The van der Waals surface area contributed by atoms with Crippen molar-refractivity contribution in [2.75, 3.05) is 19.0 Å². The van der Waals surface area contributed by atoms with Gasteiger partial charge in [-0.1, -0.05) is 11.6 Å². The van der Waals surface area contributed by atoms with Crippen LogP contribution in [0.25, 0.3) is 0 Å². The molecule has 6 nitrogen and oxygen atoms in total. The molecule has 1 N–H and O–H groups in total. The highest BCUT2D eigenvalue weighted by molar-refractivity contribution is 6.29. The van der Waals surface area contributed by atoms with Gasteiger partial charge in [0.05, 0.1) is 7.11 Å². The first kappa shape index (κ1) is 13.5. The molecule has 0 amide bonds. The van der Waals surface area contributed by atoms with E-state index in [9.17, 15) is 0 Å². The molecule has 0 saturated heterocycles. The number of ether oxygens (including phenoxy) is 1. The third-order valence-electron chi connectivity index (χ3n) is 2.39. The van der Waals surface area contributed by atoms with Gasteiger partial charge in [0, 0.05) is 25.0 Å². The maximum atomic E-state index is 5.85. The van der Waals surface area contributed by atoms with Gasteiger partial charge in [-0.2, -0.15) is 0 Å². The lowest BCUT2D eigenvalue weighted by Crippen LogP contribution is -2.08. The third-order valence-corrected chi connectivity index (χ3v) is 2.58. The summed E-state index contributed by atoms with van der Waals surface area (Å²) in [7, 11) is 1.54. The zero-order valence-electron chi connectivity index (χ0n) is 10.7. The Labute approximate surface area is 116 Å². The van der Waals surface area contributed by atoms with Crippen molar-refractivity contribution in [3.05, 3.63) is 35.0 Å². The van der Waals surface area contributed by atoms with E-state index in [1.807, 2.05) is 0 Å². The van der Waals surface area contributed by atoms with Gasteiger partial charge < -0.3 is 10.1 Å². The number of aromatic nitrogens is 4. The lowest BCUT2D eigenvalue weighted by atomic mass is 10.2. The summed E-state index contributed by atoms with van der Waals surface area (Å²) < 4.78 is 4.90. The first-order valence-electron chi connectivity index (χ1n) is 5.77. The zero-order chi connectivity index (χ0) is 13.7. The van der Waals surface area contributed by atoms with Crippen LogP contribution in [0.4, 0.5) is 5.82 Å². The minimum Gasteiger partial charge on any atom is -0.467 e. The normalized spacial score (nSPS) is 10.3. The molecule has 100 valence electrons. The van der Waals surface area contributed by atoms with Crippen LogP contribution in [-0.4, -0.2) is 33.6 Å². The highest BCUT2D eigenvalue weighted by Gasteiger charge is 2.01. The summed E-state index contributed by atoms with van der Waals surface area (Å²) in [4.78, 5) is 16.3. The maximum absolute atomic E-state index is 5.85. The third kappa shape index (κ3) is 4.03. The molecule has 0 radical (unpaired) electrons. The number of methoxy groups -OCH3 is 1. The van der Waals surface area contributed by atoms with Crippen LogP contribution in [0.2, 0.25) is 5.15 Å². The maximum Gasteiger partial charge on any atom is 0.316 e. The van der Waals surface area contributed by atoms with E-state index in [1.54, 1.807) is 25.4 Å². The van der Waals surface area contributed by atoms with Gasteiger partial charge in [0.1, 0.15) is 16.8 Å². The van der Waals surface area contributed by atoms with Gasteiger partial charge in [0.25, 0.3) is 0 Å². The second-order valence-electron chi connectivity index (χ2n) is 3.88. The number of hydrogen-bond acceptors (Lipinski definition) is 6. The average Bonchev–Trinajstić information content (AvgIpc) is 2.38. The molecule has 2 aromatic heterocycles. The average molecular weight is 280 g/mol. The molecule has 0 atom stereocenters. The van der Waals surface area contributed by atoms with Gasteiger partial charge in [0.2, 0.25) is 0 Å². The Morgan fingerprint density at radius 2 is 2.00 bits per heavy atom. The minimum absolute atomic E-state index is 0.370. The Morgan fingerprint density at radius 1 is 1.26 bits per heavy atom. The van der Waals surface area contributed by atoms with Crippen molar-refractivity contribution >= 4 is 17.4 Å². The predicted octanol–water partition coefficient (Wildman–Crippen LogP) is 1.89. The van der Waals surface area contributed by atoms with Gasteiger partial charge in [-0.05, 0) is 18.9 Å². The van der Waals surface area contributed by atoms with Crippen LogP contribution in [0, 0.1) is 6.92 Å². The highest BCUT2D eigenvalue weighted by Crippen LogP contribution is 2.11. The molecule has 0 aliphatic rings. The SMILES string of the molecule is COc1ncc(CCNc2cc(Cl)nc(C)n2)cn1. The van der Waals surface area contributed by atoms with Gasteiger partial charge in [-0.15, -0.1) is 0 Å². The van der Waals surface area contributed by atoms with Crippen molar-refractivity contribution in [1.29, 1.82) is 0 Å². The molecule has 0 aromatic carbocycles. The second kappa shape index (κ2) is 6.29. The van der Waals surface area contributed by atoms with E-state index >= 15 is 0 Å². The van der Waals surface area contributed by atoms with Gasteiger partial charge in [-0.3, -0.25) is 0 Å². The molecule has 2 aromatic rings.